The lowest BCUT2D eigenvalue weighted by atomic mass is 9.71. The maximum Gasteiger partial charge on any atom is 0.187 e. The number of ketones is 1. The van der Waals surface area contributed by atoms with E-state index in [2.05, 4.69) is 130 Å². The molecule has 0 radical (unpaired) electrons. The van der Waals surface area contributed by atoms with Crippen LogP contribution in [0.15, 0.2) is 126 Å². The fourth-order valence-corrected chi connectivity index (χ4v) is 9.43. The summed E-state index contributed by atoms with van der Waals surface area (Å²) in [6.07, 6.45) is 7.01. The topological polar surface area (TPSA) is 37.3 Å². The minimum atomic E-state index is -1.93. The average Bonchev–Trinajstić information content (AvgIpc) is 2.89. The van der Waals surface area contributed by atoms with Crippen LogP contribution in [0, 0.1) is 5.41 Å². The largest absolute Gasteiger partial charge is 0.385 e. The second kappa shape index (κ2) is 10.9. The van der Waals surface area contributed by atoms with E-state index in [9.17, 15) is 9.90 Å². The number of carbonyl (C=O) groups is 1. The highest BCUT2D eigenvalue weighted by atomic mass is 31.2. The Kier molecular flexibility index (Phi) is 7.88. The van der Waals surface area contributed by atoms with Gasteiger partial charge in [-0.05, 0) is 79.3 Å². The molecule has 0 unspecified atom stereocenters. The van der Waals surface area contributed by atoms with E-state index in [0.29, 0.717) is 12.0 Å². The normalized spacial score (nSPS) is 18.6. The maximum absolute atomic E-state index is 12.4. The summed E-state index contributed by atoms with van der Waals surface area (Å²) < 4.78 is 0. The highest BCUT2D eigenvalue weighted by molar-refractivity contribution is 7.95. The number of carbonyl (C=O) groups excluding carboxylic acids is 1. The van der Waals surface area contributed by atoms with Crippen molar-refractivity contribution in [1.29, 1.82) is 0 Å². The summed E-state index contributed by atoms with van der Waals surface area (Å²) in [7, 11) is -1.93. The number of rotatable bonds is 7. The SMILES string of the molecule is CC(C=CC1=C(C)C(=O)[C@H](O)CC1(C)C)=CC[P+](c1ccccc1)(c1ccccc1)c1ccccc1. The van der Waals surface area contributed by atoms with Crippen LogP contribution in [0.3, 0.4) is 0 Å². The van der Waals surface area contributed by atoms with Gasteiger partial charge < -0.3 is 5.11 Å². The van der Waals surface area contributed by atoms with Crippen LogP contribution in [-0.4, -0.2) is 23.2 Å². The van der Waals surface area contributed by atoms with Crippen molar-refractivity contribution in [2.75, 3.05) is 6.16 Å². The van der Waals surface area contributed by atoms with Crippen LogP contribution in [0.4, 0.5) is 0 Å². The summed E-state index contributed by atoms with van der Waals surface area (Å²) in [5, 5.41) is 14.3. The Hall–Kier alpha value is -3.06. The zero-order valence-corrected chi connectivity index (χ0v) is 22.6. The van der Waals surface area contributed by atoms with E-state index in [0.717, 1.165) is 17.3 Å². The third kappa shape index (κ3) is 5.21. The number of allylic oxidation sites excluding steroid dienone is 5. The van der Waals surface area contributed by atoms with E-state index < -0.39 is 13.4 Å². The van der Waals surface area contributed by atoms with Crippen LogP contribution in [0.25, 0.3) is 0 Å². The number of aliphatic hydroxyl groups excluding tert-OH is 1. The van der Waals surface area contributed by atoms with Crippen molar-refractivity contribution >= 4 is 29.0 Å². The molecule has 1 aliphatic rings. The van der Waals surface area contributed by atoms with Crippen LogP contribution >= 0.6 is 7.26 Å². The number of Topliss-reactive ketones (excluding diaryl/α,β-unsaturated/α-hetero) is 1. The molecule has 0 saturated carbocycles. The molecular formula is C33H36O2P+. The summed E-state index contributed by atoms with van der Waals surface area (Å²) in [6, 6.07) is 32.7. The molecule has 184 valence electrons. The predicted molar refractivity (Wildman–Crippen MR) is 155 cm³/mol. The molecule has 0 spiro atoms. The molecule has 0 fully saturated rings. The first-order valence-corrected chi connectivity index (χ1v) is 14.6. The van der Waals surface area contributed by atoms with Crippen LogP contribution in [-0.2, 0) is 4.79 Å². The molecule has 3 aromatic rings. The first-order valence-electron chi connectivity index (χ1n) is 12.6. The molecule has 1 aliphatic carbocycles. The maximum atomic E-state index is 12.4. The lowest BCUT2D eigenvalue weighted by Crippen LogP contribution is -2.35. The zero-order chi connectivity index (χ0) is 25.8. The number of hydrogen-bond donors (Lipinski definition) is 1. The Morgan fingerprint density at radius 1 is 0.889 bits per heavy atom. The fraction of sp³-hybridized carbons (Fsp3) is 0.242. The van der Waals surface area contributed by atoms with Gasteiger partial charge >= 0.3 is 0 Å². The Labute approximate surface area is 216 Å². The summed E-state index contributed by atoms with van der Waals surface area (Å²) in [6.45, 7) is 8.17. The molecule has 0 heterocycles. The molecule has 2 nitrogen and oxygen atoms in total. The Morgan fingerprint density at radius 2 is 1.33 bits per heavy atom. The second-order valence-electron chi connectivity index (χ2n) is 10.3. The van der Waals surface area contributed by atoms with Gasteiger partial charge in [0.15, 0.2) is 5.78 Å². The first-order chi connectivity index (χ1) is 17.3. The van der Waals surface area contributed by atoms with E-state index >= 15 is 0 Å². The molecule has 0 bridgehead atoms. The molecule has 0 saturated heterocycles. The molecule has 3 heteroatoms. The Balaban J connectivity index is 1.77. The lowest BCUT2D eigenvalue weighted by Gasteiger charge is -2.34. The van der Waals surface area contributed by atoms with Crippen molar-refractivity contribution in [3.05, 3.63) is 126 Å². The van der Waals surface area contributed by atoms with Gasteiger partial charge in [-0.2, -0.15) is 0 Å². The van der Waals surface area contributed by atoms with Gasteiger partial charge in [0.25, 0.3) is 0 Å². The van der Waals surface area contributed by atoms with E-state index in [4.69, 9.17) is 0 Å². The highest BCUT2D eigenvalue weighted by Gasteiger charge is 2.44. The van der Waals surface area contributed by atoms with Crippen molar-refractivity contribution in [2.24, 2.45) is 5.41 Å². The summed E-state index contributed by atoms with van der Waals surface area (Å²) >= 11 is 0. The molecule has 36 heavy (non-hydrogen) atoms. The van der Waals surface area contributed by atoms with E-state index in [-0.39, 0.29) is 11.2 Å². The third-order valence-electron chi connectivity index (χ3n) is 7.30. The third-order valence-corrected chi connectivity index (χ3v) is 11.6. The Morgan fingerprint density at radius 3 is 1.78 bits per heavy atom. The first kappa shape index (κ1) is 26.0. The van der Waals surface area contributed by atoms with Gasteiger partial charge in [-0.25, -0.2) is 0 Å². The Bertz CT molecular complexity index is 1190. The van der Waals surface area contributed by atoms with Gasteiger partial charge in [-0.1, -0.05) is 86.2 Å². The number of benzene rings is 3. The van der Waals surface area contributed by atoms with Crippen LogP contribution in [0.2, 0.25) is 0 Å². The van der Waals surface area contributed by atoms with E-state index in [1.54, 1.807) is 0 Å². The smallest absolute Gasteiger partial charge is 0.187 e. The van der Waals surface area contributed by atoms with Crippen molar-refractivity contribution in [3.63, 3.8) is 0 Å². The summed E-state index contributed by atoms with van der Waals surface area (Å²) in [4.78, 5) is 12.4. The van der Waals surface area contributed by atoms with Crippen molar-refractivity contribution < 1.29 is 9.90 Å². The van der Waals surface area contributed by atoms with Gasteiger partial charge in [0.2, 0.25) is 0 Å². The van der Waals surface area contributed by atoms with Crippen molar-refractivity contribution in [3.8, 4) is 0 Å². The van der Waals surface area contributed by atoms with Crippen molar-refractivity contribution in [2.45, 2.75) is 40.2 Å². The number of hydrogen-bond acceptors (Lipinski definition) is 2. The van der Waals surface area contributed by atoms with Crippen molar-refractivity contribution in [1.82, 2.24) is 0 Å². The van der Waals surface area contributed by atoms with Gasteiger partial charge in [-0.3, -0.25) is 4.79 Å². The highest BCUT2D eigenvalue weighted by Crippen LogP contribution is 2.55. The zero-order valence-electron chi connectivity index (χ0n) is 21.7. The van der Waals surface area contributed by atoms with E-state index in [1.807, 2.05) is 6.92 Å². The molecule has 0 aliphatic heterocycles. The van der Waals surface area contributed by atoms with Crippen LogP contribution in [0.5, 0.6) is 0 Å². The summed E-state index contributed by atoms with van der Waals surface area (Å²) in [5.41, 5.74) is 2.60. The predicted octanol–water partition coefficient (Wildman–Crippen LogP) is 6.16. The van der Waals surface area contributed by atoms with Gasteiger partial charge in [-0.15, -0.1) is 0 Å². The van der Waals surface area contributed by atoms with Gasteiger partial charge in [0.05, 0.1) is 6.16 Å². The second-order valence-corrected chi connectivity index (χ2v) is 13.8. The molecule has 4 rings (SSSR count). The number of aliphatic hydroxyl groups is 1. The average molecular weight is 496 g/mol. The summed E-state index contributed by atoms with van der Waals surface area (Å²) in [5.74, 6) is -0.155. The van der Waals surface area contributed by atoms with Crippen LogP contribution in [0.1, 0.15) is 34.1 Å². The molecule has 1 N–H and O–H groups in total. The fourth-order valence-electron chi connectivity index (χ4n) is 5.30. The quantitative estimate of drug-likeness (QED) is 0.315. The molecule has 0 aromatic heterocycles. The van der Waals surface area contributed by atoms with E-state index in [1.165, 1.54) is 15.9 Å². The van der Waals surface area contributed by atoms with Gasteiger partial charge in [0.1, 0.15) is 29.3 Å². The lowest BCUT2D eigenvalue weighted by molar-refractivity contribution is -0.125. The van der Waals surface area contributed by atoms with Crippen LogP contribution < -0.4 is 15.9 Å². The molecule has 0 amide bonds. The minimum absolute atomic E-state index is 0.155. The van der Waals surface area contributed by atoms with Gasteiger partial charge in [0, 0.05) is 0 Å². The molecule has 3 aromatic carbocycles. The standard InChI is InChI=1S/C33H36O2P/c1-25(20-21-30-26(2)32(35)31(34)24-33(30,3)4)22-23-36(27-14-8-5-9-15-27,28-16-10-6-11-17-28)29-18-12-7-13-19-29/h5-22,31,34H,23-24H2,1-4H3/q+1/t31-/m1/s1. The molecule has 1 atom stereocenters. The molecular weight excluding hydrogens is 459 g/mol. The minimum Gasteiger partial charge on any atom is -0.385 e. The monoisotopic (exact) mass is 495 g/mol.